The van der Waals surface area contributed by atoms with Crippen LogP contribution >= 0.6 is 0 Å². The molecule has 0 aromatic carbocycles. The largest absolute Gasteiger partial charge is 0.393 e. The summed E-state index contributed by atoms with van der Waals surface area (Å²) in [6, 6.07) is 0. The third-order valence-corrected chi connectivity index (χ3v) is 1.98. The van der Waals surface area contributed by atoms with Crippen molar-refractivity contribution < 1.29 is 19.0 Å². The van der Waals surface area contributed by atoms with Gasteiger partial charge in [0.25, 0.3) is 0 Å². The minimum atomic E-state index is -0.209. The highest BCUT2D eigenvalue weighted by molar-refractivity contribution is 5.78. The molecule has 0 aromatic heterocycles. The number of hydrogen-bond donors (Lipinski definition) is 1. The van der Waals surface area contributed by atoms with E-state index in [1.807, 2.05) is 0 Å². The molecule has 0 heterocycles. The van der Waals surface area contributed by atoms with Gasteiger partial charge in [-0.2, -0.15) is 0 Å². The molecule has 2 atom stereocenters. The third-order valence-electron chi connectivity index (χ3n) is 1.98. The number of rotatable bonds is 1. The Morgan fingerprint density at radius 1 is 1.45 bits per heavy atom. The molecule has 4 heteroatoms. The Hall–Kier alpha value is -0.510. The fourth-order valence-corrected chi connectivity index (χ4v) is 1.33. The highest BCUT2D eigenvalue weighted by atomic mass is 20.0. The van der Waals surface area contributed by atoms with Gasteiger partial charge in [-0.15, -0.1) is 0 Å². The molecule has 1 N–H and O–H groups in total. The predicted molar refractivity (Wildman–Crippen MR) is 36.2 cm³/mol. The molecule has 0 spiro atoms. The smallest absolute Gasteiger partial charge is 0.133 e. The Morgan fingerprint density at radius 3 is 2.18 bits per heavy atom. The first-order valence-electron chi connectivity index (χ1n) is 3.53. The lowest BCUT2D eigenvalue weighted by molar-refractivity contribution is -0.120. The van der Waals surface area contributed by atoms with E-state index >= 15 is 0 Å². The van der Waals surface area contributed by atoms with E-state index in [1.54, 1.807) is 6.92 Å². The van der Waals surface area contributed by atoms with E-state index in [4.69, 9.17) is 14.3 Å². The standard InChI is InChI=1S/C7H12O2.F2/c1-5(8)6-2-3-7(9)4-6;1-2/h6-7,9H,2-4H2,1H3;/t6-,7-;/m0./s1. The zero-order valence-corrected chi connectivity index (χ0v) is 6.39. The van der Waals surface area contributed by atoms with E-state index in [0.717, 1.165) is 12.8 Å². The number of aliphatic hydroxyl groups excluding tert-OH is 1. The predicted octanol–water partition coefficient (Wildman–Crippen LogP) is 1.58. The topological polar surface area (TPSA) is 37.3 Å². The number of carbonyl (C=O) groups excluding carboxylic acids is 1. The monoisotopic (exact) mass is 166 g/mol. The van der Waals surface area contributed by atoms with Crippen LogP contribution in [0.2, 0.25) is 0 Å². The van der Waals surface area contributed by atoms with Crippen LogP contribution in [0.4, 0.5) is 9.15 Å². The molecule has 0 aliphatic heterocycles. The van der Waals surface area contributed by atoms with Gasteiger partial charge in [-0.3, -0.25) is 4.79 Å². The van der Waals surface area contributed by atoms with Crippen LogP contribution in [-0.2, 0) is 4.79 Å². The maximum Gasteiger partial charge on any atom is 0.133 e. The van der Waals surface area contributed by atoms with Gasteiger partial charge in [-0.25, -0.2) is 0 Å². The molecule has 1 saturated carbocycles. The Bertz CT molecular complexity index is 128. The van der Waals surface area contributed by atoms with E-state index in [0.29, 0.717) is 6.42 Å². The summed E-state index contributed by atoms with van der Waals surface area (Å²) < 4.78 is 16.0. The third kappa shape index (κ3) is 3.41. The highest BCUT2D eigenvalue weighted by Gasteiger charge is 2.25. The Balaban J connectivity index is 0.000000461. The molecular weight excluding hydrogens is 154 g/mol. The second-order valence-corrected chi connectivity index (χ2v) is 2.77. The van der Waals surface area contributed by atoms with Gasteiger partial charge in [0.15, 0.2) is 0 Å². The summed E-state index contributed by atoms with van der Waals surface area (Å²) in [5.74, 6) is 0.381. The molecule has 66 valence electrons. The maximum absolute atomic E-state index is 10.7. The Labute approximate surface area is 64.1 Å². The SMILES string of the molecule is CC(=O)[C@H]1CC[C@H](O)C1.FF. The fraction of sp³-hybridized carbons (Fsp3) is 0.857. The van der Waals surface area contributed by atoms with E-state index in [1.165, 1.54) is 0 Å². The van der Waals surface area contributed by atoms with Crippen LogP contribution in [0, 0.1) is 5.92 Å². The number of carbonyl (C=O) groups is 1. The van der Waals surface area contributed by atoms with Crippen molar-refractivity contribution in [3.8, 4) is 0 Å². The zero-order chi connectivity index (χ0) is 8.85. The minimum Gasteiger partial charge on any atom is -0.393 e. The molecule has 0 unspecified atom stereocenters. The van der Waals surface area contributed by atoms with Crippen LogP contribution in [0.25, 0.3) is 0 Å². The van der Waals surface area contributed by atoms with Crippen molar-refractivity contribution in [3.05, 3.63) is 0 Å². The van der Waals surface area contributed by atoms with Crippen molar-refractivity contribution in [2.24, 2.45) is 5.92 Å². The van der Waals surface area contributed by atoms with E-state index in [9.17, 15) is 4.79 Å². The Kier molecular flexibility index (Phi) is 4.94. The average Bonchev–Trinajstić information content (AvgIpc) is 2.40. The summed E-state index contributed by atoms with van der Waals surface area (Å²) in [4.78, 5) is 10.7. The van der Waals surface area contributed by atoms with Gasteiger partial charge in [0, 0.05) is 15.1 Å². The normalized spacial score (nSPS) is 29.1. The lowest BCUT2D eigenvalue weighted by Crippen LogP contribution is -2.07. The van der Waals surface area contributed by atoms with Gasteiger partial charge in [-0.05, 0) is 26.2 Å². The summed E-state index contributed by atoms with van der Waals surface area (Å²) in [7, 11) is 0. The van der Waals surface area contributed by atoms with Crippen LogP contribution in [0.5, 0.6) is 0 Å². The van der Waals surface area contributed by atoms with Crippen LogP contribution in [-0.4, -0.2) is 17.0 Å². The van der Waals surface area contributed by atoms with Crippen LogP contribution in [0.3, 0.4) is 0 Å². The van der Waals surface area contributed by atoms with E-state index in [-0.39, 0.29) is 17.8 Å². The van der Waals surface area contributed by atoms with Gasteiger partial charge in [0.2, 0.25) is 0 Å². The van der Waals surface area contributed by atoms with Gasteiger partial charge in [0.1, 0.15) is 5.78 Å². The molecule has 1 aliphatic rings. The van der Waals surface area contributed by atoms with E-state index in [2.05, 4.69) is 0 Å². The van der Waals surface area contributed by atoms with Gasteiger partial charge >= 0.3 is 0 Å². The molecule has 0 bridgehead atoms. The molecule has 0 amide bonds. The van der Waals surface area contributed by atoms with Gasteiger partial charge in [-0.1, -0.05) is 0 Å². The minimum absolute atomic E-state index is 0.153. The summed E-state index contributed by atoms with van der Waals surface area (Å²) in [6.07, 6.45) is 2.18. The summed E-state index contributed by atoms with van der Waals surface area (Å²) >= 11 is 0. The number of ketones is 1. The summed E-state index contributed by atoms with van der Waals surface area (Å²) in [5.41, 5.74) is 0. The molecule has 0 radical (unpaired) electrons. The summed E-state index contributed by atoms with van der Waals surface area (Å²) in [5, 5.41) is 9.00. The van der Waals surface area contributed by atoms with Crippen LogP contribution in [0.15, 0.2) is 0 Å². The molecule has 0 aromatic rings. The maximum atomic E-state index is 10.7. The van der Waals surface area contributed by atoms with Crippen molar-refractivity contribution in [2.75, 3.05) is 0 Å². The summed E-state index contributed by atoms with van der Waals surface area (Å²) in [6.45, 7) is 1.60. The van der Waals surface area contributed by atoms with Gasteiger partial charge in [0.05, 0.1) is 6.10 Å². The molecule has 11 heavy (non-hydrogen) atoms. The van der Waals surface area contributed by atoms with Crippen molar-refractivity contribution >= 4 is 5.78 Å². The molecule has 0 saturated heterocycles. The number of hydrogen-bond acceptors (Lipinski definition) is 2. The lowest BCUT2D eigenvalue weighted by atomic mass is 10.0. The molecule has 2 nitrogen and oxygen atoms in total. The average molecular weight is 166 g/mol. The molecule has 1 aliphatic carbocycles. The number of aliphatic hydroxyl groups is 1. The zero-order valence-electron chi connectivity index (χ0n) is 6.39. The molecular formula is C7H12F2O2. The van der Waals surface area contributed by atoms with Crippen LogP contribution in [0.1, 0.15) is 26.2 Å². The van der Waals surface area contributed by atoms with Crippen LogP contribution < -0.4 is 0 Å². The first-order valence-corrected chi connectivity index (χ1v) is 3.53. The molecule has 1 rings (SSSR count). The first-order chi connectivity index (χ1) is 5.20. The van der Waals surface area contributed by atoms with Crippen molar-refractivity contribution in [1.29, 1.82) is 0 Å². The number of Topliss-reactive ketones (excluding diaryl/α,β-unsaturated/α-hetero) is 1. The fourth-order valence-electron chi connectivity index (χ4n) is 1.33. The first kappa shape index (κ1) is 10.5. The van der Waals surface area contributed by atoms with Gasteiger partial charge < -0.3 is 5.11 Å². The number of halogens is 2. The van der Waals surface area contributed by atoms with Crippen molar-refractivity contribution in [1.82, 2.24) is 0 Å². The second-order valence-electron chi connectivity index (χ2n) is 2.77. The molecule has 1 fully saturated rings. The van der Waals surface area contributed by atoms with Crippen molar-refractivity contribution in [3.63, 3.8) is 0 Å². The lowest BCUT2D eigenvalue weighted by Gasteiger charge is -2.01. The Morgan fingerprint density at radius 2 is 2.00 bits per heavy atom. The van der Waals surface area contributed by atoms with Crippen molar-refractivity contribution in [2.45, 2.75) is 32.3 Å². The second kappa shape index (κ2) is 5.18. The highest BCUT2D eigenvalue weighted by Crippen LogP contribution is 2.25. The van der Waals surface area contributed by atoms with E-state index < -0.39 is 0 Å². The quantitative estimate of drug-likeness (QED) is 0.642.